The van der Waals surface area contributed by atoms with E-state index in [1.54, 1.807) is 11.4 Å². The van der Waals surface area contributed by atoms with Crippen LogP contribution in [0.1, 0.15) is 5.56 Å². The van der Waals surface area contributed by atoms with Crippen molar-refractivity contribution in [3.8, 4) is 0 Å². The second-order valence-electron chi connectivity index (χ2n) is 4.29. The fraction of sp³-hybridized carbons (Fsp3) is 0.143. The van der Waals surface area contributed by atoms with Crippen molar-refractivity contribution in [2.45, 2.75) is 13.3 Å². The fourth-order valence-corrected chi connectivity index (χ4v) is 2.71. The lowest BCUT2D eigenvalue weighted by atomic mass is 10.2. The van der Waals surface area contributed by atoms with E-state index in [9.17, 15) is 9.59 Å². The first-order valence-corrected chi connectivity index (χ1v) is 6.95. The predicted octanol–water partition coefficient (Wildman–Crippen LogP) is 1.93. The summed E-state index contributed by atoms with van der Waals surface area (Å²) in [5, 5.41) is 1.77. The molecule has 0 aliphatic rings. The van der Waals surface area contributed by atoms with Crippen LogP contribution in [0, 0.1) is 0 Å². The van der Waals surface area contributed by atoms with Gasteiger partial charge in [-0.2, -0.15) is 0 Å². The molecule has 1 aromatic carbocycles. The minimum absolute atomic E-state index is 0.0586. The van der Waals surface area contributed by atoms with Gasteiger partial charge in [-0.15, -0.1) is 11.3 Å². The zero-order valence-electron chi connectivity index (χ0n) is 10.5. The monoisotopic (exact) mass is 288 g/mol. The smallest absolute Gasteiger partial charge is 0.330 e. The molecule has 0 atom stereocenters. The molecule has 0 amide bonds. The SMILES string of the molecule is O=c1[nH]c2ccsc2c(=O)n1COCc1ccccc1. The Kier molecular flexibility index (Phi) is 3.49. The Morgan fingerprint density at radius 2 is 1.95 bits per heavy atom. The van der Waals surface area contributed by atoms with Crippen LogP contribution in [-0.4, -0.2) is 9.55 Å². The molecular formula is C14H12N2O3S. The summed E-state index contributed by atoms with van der Waals surface area (Å²) < 4.78 is 7.05. The largest absolute Gasteiger partial charge is 0.356 e. The van der Waals surface area contributed by atoms with Crippen LogP contribution >= 0.6 is 11.3 Å². The number of ether oxygens (including phenoxy) is 1. The van der Waals surface area contributed by atoms with Crippen molar-refractivity contribution < 1.29 is 4.74 Å². The van der Waals surface area contributed by atoms with Crippen LogP contribution < -0.4 is 11.2 Å². The van der Waals surface area contributed by atoms with Crippen LogP contribution in [0.25, 0.3) is 10.2 Å². The molecule has 0 aliphatic carbocycles. The third-order valence-corrected chi connectivity index (χ3v) is 3.83. The number of rotatable bonds is 4. The molecule has 2 heterocycles. The molecule has 1 N–H and O–H groups in total. The van der Waals surface area contributed by atoms with Crippen molar-refractivity contribution in [2.24, 2.45) is 0 Å². The van der Waals surface area contributed by atoms with E-state index < -0.39 is 5.69 Å². The van der Waals surface area contributed by atoms with Crippen molar-refractivity contribution in [1.29, 1.82) is 0 Å². The topological polar surface area (TPSA) is 64.1 Å². The Morgan fingerprint density at radius 3 is 2.75 bits per heavy atom. The second-order valence-corrected chi connectivity index (χ2v) is 5.21. The third kappa shape index (κ3) is 2.43. The highest BCUT2D eigenvalue weighted by Crippen LogP contribution is 2.12. The number of hydrogen-bond acceptors (Lipinski definition) is 4. The molecule has 0 unspecified atom stereocenters. The number of aromatic nitrogens is 2. The molecule has 5 nitrogen and oxygen atoms in total. The maximum absolute atomic E-state index is 12.1. The number of nitrogens with zero attached hydrogens (tertiary/aromatic N) is 1. The van der Waals surface area contributed by atoms with Gasteiger partial charge in [0.1, 0.15) is 11.4 Å². The molecule has 20 heavy (non-hydrogen) atoms. The average molecular weight is 288 g/mol. The molecule has 0 aliphatic heterocycles. The highest BCUT2D eigenvalue weighted by atomic mass is 32.1. The molecule has 0 radical (unpaired) electrons. The number of benzene rings is 1. The number of hydrogen-bond donors (Lipinski definition) is 1. The first-order chi connectivity index (χ1) is 9.75. The van der Waals surface area contributed by atoms with Gasteiger partial charge >= 0.3 is 5.69 Å². The lowest BCUT2D eigenvalue weighted by molar-refractivity contribution is 0.0593. The number of nitrogens with one attached hydrogen (secondary N) is 1. The summed E-state index contributed by atoms with van der Waals surface area (Å²) in [5.41, 5.74) is 0.805. The van der Waals surface area contributed by atoms with Gasteiger partial charge in [0.05, 0.1) is 12.1 Å². The molecule has 0 bridgehead atoms. The summed E-state index contributed by atoms with van der Waals surface area (Å²) in [4.78, 5) is 26.6. The lowest BCUT2D eigenvalue weighted by Crippen LogP contribution is -2.35. The standard InChI is InChI=1S/C14H12N2O3S/c17-13-12-11(6-7-20-12)15-14(18)16(13)9-19-8-10-4-2-1-3-5-10/h1-7H,8-9H2,(H,15,18). The first-order valence-electron chi connectivity index (χ1n) is 6.08. The minimum Gasteiger partial charge on any atom is -0.356 e. The Balaban J connectivity index is 1.81. The molecule has 3 rings (SSSR count). The molecular weight excluding hydrogens is 276 g/mol. The Labute approximate surface area is 118 Å². The molecule has 0 fully saturated rings. The minimum atomic E-state index is -0.450. The van der Waals surface area contributed by atoms with Gasteiger partial charge in [0.15, 0.2) is 0 Å². The summed E-state index contributed by atoms with van der Waals surface area (Å²) in [6.07, 6.45) is 0. The number of H-pyrrole nitrogens is 1. The van der Waals surface area contributed by atoms with Crippen LogP contribution in [0.15, 0.2) is 51.4 Å². The lowest BCUT2D eigenvalue weighted by Gasteiger charge is -2.06. The average Bonchev–Trinajstić information content (AvgIpc) is 2.92. The molecule has 3 aromatic rings. The highest BCUT2D eigenvalue weighted by molar-refractivity contribution is 7.17. The first kappa shape index (κ1) is 12.8. The van der Waals surface area contributed by atoms with E-state index in [1.165, 1.54) is 11.3 Å². The number of thiophene rings is 1. The molecule has 0 saturated heterocycles. The van der Waals surface area contributed by atoms with Crippen molar-refractivity contribution in [2.75, 3.05) is 0 Å². The van der Waals surface area contributed by atoms with E-state index >= 15 is 0 Å². The maximum Gasteiger partial charge on any atom is 0.330 e. The predicted molar refractivity (Wildman–Crippen MR) is 77.9 cm³/mol. The summed E-state index contributed by atoms with van der Waals surface area (Å²) in [6.45, 7) is 0.298. The van der Waals surface area contributed by atoms with Crippen molar-refractivity contribution >= 4 is 21.6 Å². The van der Waals surface area contributed by atoms with Crippen molar-refractivity contribution in [3.63, 3.8) is 0 Å². The van der Waals surface area contributed by atoms with Gasteiger partial charge in [0.2, 0.25) is 0 Å². The molecule has 2 aromatic heterocycles. The maximum atomic E-state index is 12.1. The highest BCUT2D eigenvalue weighted by Gasteiger charge is 2.08. The summed E-state index contributed by atoms with van der Waals surface area (Å²) in [5.74, 6) is 0. The van der Waals surface area contributed by atoms with E-state index in [4.69, 9.17) is 4.74 Å². The van der Waals surface area contributed by atoms with Gasteiger partial charge in [0, 0.05) is 0 Å². The second kappa shape index (κ2) is 5.44. The number of aromatic amines is 1. The van der Waals surface area contributed by atoms with Gasteiger partial charge in [-0.3, -0.25) is 4.79 Å². The summed E-state index contributed by atoms with van der Waals surface area (Å²) in [6, 6.07) is 11.3. The third-order valence-electron chi connectivity index (χ3n) is 2.92. The van der Waals surface area contributed by atoms with Gasteiger partial charge in [-0.1, -0.05) is 30.3 Å². The van der Waals surface area contributed by atoms with E-state index in [2.05, 4.69) is 4.98 Å². The van der Waals surface area contributed by atoms with Crippen LogP contribution in [0.2, 0.25) is 0 Å². The van der Waals surface area contributed by atoms with Crippen molar-refractivity contribution in [3.05, 3.63) is 68.2 Å². The van der Waals surface area contributed by atoms with E-state index in [0.717, 1.165) is 10.1 Å². The molecule has 6 heteroatoms. The van der Waals surface area contributed by atoms with Crippen molar-refractivity contribution in [1.82, 2.24) is 9.55 Å². The van der Waals surface area contributed by atoms with E-state index in [0.29, 0.717) is 16.8 Å². The Bertz CT molecular complexity index is 833. The van der Waals surface area contributed by atoms with Gasteiger partial charge < -0.3 is 9.72 Å². The van der Waals surface area contributed by atoms with E-state index in [-0.39, 0.29) is 12.3 Å². The summed E-state index contributed by atoms with van der Waals surface area (Å²) >= 11 is 1.31. The fourth-order valence-electron chi connectivity index (χ4n) is 1.92. The van der Waals surface area contributed by atoms with Gasteiger partial charge in [-0.05, 0) is 17.0 Å². The van der Waals surface area contributed by atoms with Crippen LogP contribution in [-0.2, 0) is 18.1 Å². The van der Waals surface area contributed by atoms with Crippen LogP contribution in [0.4, 0.5) is 0 Å². The summed E-state index contributed by atoms with van der Waals surface area (Å²) in [7, 11) is 0. The quantitative estimate of drug-likeness (QED) is 0.797. The van der Waals surface area contributed by atoms with E-state index in [1.807, 2.05) is 30.3 Å². The Hall–Kier alpha value is -2.18. The number of fused-ring (bicyclic) bond motifs is 1. The molecule has 0 spiro atoms. The van der Waals surface area contributed by atoms with Gasteiger partial charge in [-0.25, -0.2) is 9.36 Å². The zero-order chi connectivity index (χ0) is 13.9. The van der Waals surface area contributed by atoms with Crippen LogP contribution in [0.3, 0.4) is 0 Å². The van der Waals surface area contributed by atoms with Gasteiger partial charge in [0.25, 0.3) is 5.56 Å². The molecule has 102 valence electrons. The normalized spacial score (nSPS) is 11.0. The zero-order valence-corrected chi connectivity index (χ0v) is 11.4. The van der Waals surface area contributed by atoms with Crippen LogP contribution in [0.5, 0.6) is 0 Å². The molecule has 0 saturated carbocycles. The Morgan fingerprint density at radius 1 is 1.15 bits per heavy atom.